The van der Waals surface area contributed by atoms with E-state index < -0.39 is 47.3 Å². The quantitative estimate of drug-likeness (QED) is 0.271. The first-order valence-corrected chi connectivity index (χ1v) is 13.8. The fraction of sp³-hybridized carbons (Fsp3) is 0.324. The van der Waals surface area contributed by atoms with E-state index in [9.17, 15) is 19.5 Å². The van der Waals surface area contributed by atoms with Gasteiger partial charge in [-0.05, 0) is 52.3 Å². The van der Waals surface area contributed by atoms with Crippen LogP contribution < -0.4 is 5.32 Å². The van der Waals surface area contributed by atoms with Crippen LogP contribution in [0, 0.1) is 11.8 Å². The van der Waals surface area contributed by atoms with Gasteiger partial charge in [-0.25, -0.2) is 4.79 Å². The van der Waals surface area contributed by atoms with Crippen molar-refractivity contribution in [1.29, 1.82) is 0 Å². The number of benzene rings is 3. The van der Waals surface area contributed by atoms with Crippen molar-refractivity contribution in [2.45, 2.75) is 50.7 Å². The zero-order chi connectivity index (χ0) is 29.5. The summed E-state index contributed by atoms with van der Waals surface area (Å²) in [6.07, 6.45) is 0.382. The summed E-state index contributed by atoms with van der Waals surface area (Å²) in [6.45, 7) is 11.3. The minimum Gasteiger partial charge on any atom is -0.481 e. The molecule has 41 heavy (non-hydrogen) atoms. The Balaban J connectivity index is 1.73. The van der Waals surface area contributed by atoms with E-state index in [1.54, 1.807) is 19.1 Å². The van der Waals surface area contributed by atoms with Crippen LogP contribution in [-0.4, -0.2) is 35.7 Å². The van der Waals surface area contributed by atoms with Crippen LogP contribution in [0.1, 0.15) is 61.4 Å². The number of anilines is 1. The van der Waals surface area contributed by atoms with Crippen LogP contribution in [0.5, 0.6) is 0 Å². The number of ether oxygens (including phenoxy) is 2. The maximum absolute atomic E-state index is 14.1. The fourth-order valence-electron chi connectivity index (χ4n) is 6.35. The fourth-order valence-corrected chi connectivity index (χ4v) is 6.35. The number of carboxylic acid groups (broad SMARTS) is 1. The molecule has 7 nitrogen and oxygen atoms in total. The third-order valence-electron chi connectivity index (χ3n) is 8.15. The molecule has 2 bridgehead atoms. The second-order valence-electron chi connectivity index (χ2n) is 11.8. The van der Waals surface area contributed by atoms with Gasteiger partial charge in [0.15, 0.2) is 0 Å². The van der Waals surface area contributed by atoms with E-state index in [1.807, 2.05) is 60.7 Å². The van der Waals surface area contributed by atoms with Gasteiger partial charge in [0, 0.05) is 17.7 Å². The molecule has 6 rings (SSSR count). The maximum Gasteiger partial charge on any atom is 0.330 e. The summed E-state index contributed by atoms with van der Waals surface area (Å²) >= 11 is 0. The number of fused-ring (bicyclic) bond motifs is 1. The smallest absolute Gasteiger partial charge is 0.330 e. The van der Waals surface area contributed by atoms with Crippen LogP contribution in [0.15, 0.2) is 85.5 Å². The zero-order valence-corrected chi connectivity index (χ0v) is 23.7. The van der Waals surface area contributed by atoms with E-state index in [0.717, 1.165) is 28.3 Å². The molecule has 0 aromatic heterocycles. The van der Waals surface area contributed by atoms with Crippen LogP contribution in [0.25, 0.3) is 0 Å². The van der Waals surface area contributed by atoms with Gasteiger partial charge in [-0.1, -0.05) is 88.0 Å². The van der Waals surface area contributed by atoms with Gasteiger partial charge in [0.1, 0.15) is 17.6 Å². The standard InChI is InChI=1S/C34H35NO6/c1-6-27(36)41-20(2)19-40-34-25-15-11-10-14-23(25)28(24-17-16-21(18-26(24)34)33(3,4)5)29(30(34)32(38)39)31(37)35-22-12-8-7-9-13-22/h6-18,20,28-30H,1,19H2,2-5H3,(H,35,37)(H,38,39). The number of carboxylic acids is 1. The van der Waals surface area contributed by atoms with Gasteiger partial charge in [0.05, 0.1) is 12.5 Å². The Bertz CT molecular complexity index is 1510. The van der Waals surface area contributed by atoms with Gasteiger partial charge in [-0.3, -0.25) is 9.59 Å². The van der Waals surface area contributed by atoms with E-state index in [0.29, 0.717) is 11.3 Å². The average Bonchev–Trinajstić information content (AvgIpc) is 2.95. The summed E-state index contributed by atoms with van der Waals surface area (Å²) in [4.78, 5) is 39.3. The first-order chi connectivity index (χ1) is 19.5. The van der Waals surface area contributed by atoms with Crippen molar-refractivity contribution in [3.05, 3.63) is 113 Å². The molecular weight excluding hydrogens is 518 g/mol. The molecule has 3 aliphatic carbocycles. The Morgan fingerprint density at radius 1 is 1.00 bits per heavy atom. The number of nitrogens with one attached hydrogen (secondary N) is 1. The topological polar surface area (TPSA) is 102 Å². The van der Waals surface area contributed by atoms with Crippen molar-refractivity contribution >= 4 is 23.5 Å². The van der Waals surface area contributed by atoms with Crippen molar-refractivity contribution < 1.29 is 29.0 Å². The van der Waals surface area contributed by atoms with Gasteiger partial charge in [0.25, 0.3) is 0 Å². The van der Waals surface area contributed by atoms with Crippen LogP contribution in [0.3, 0.4) is 0 Å². The molecule has 0 radical (unpaired) electrons. The van der Waals surface area contributed by atoms with Crippen LogP contribution >= 0.6 is 0 Å². The van der Waals surface area contributed by atoms with E-state index in [1.165, 1.54) is 0 Å². The molecule has 212 valence electrons. The lowest BCUT2D eigenvalue weighted by Gasteiger charge is -2.55. The Labute approximate surface area is 240 Å². The Morgan fingerprint density at radius 3 is 2.32 bits per heavy atom. The van der Waals surface area contributed by atoms with Gasteiger partial charge < -0.3 is 19.9 Å². The van der Waals surface area contributed by atoms with Gasteiger partial charge in [-0.15, -0.1) is 0 Å². The minimum absolute atomic E-state index is 0.0887. The van der Waals surface area contributed by atoms with E-state index in [4.69, 9.17) is 9.47 Å². The number of esters is 1. The number of rotatable bonds is 8. The monoisotopic (exact) mass is 553 g/mol. The van der Waals surface area contributed by atoms with Crippen molar-refractivity contribution in [2.75, 3.05) is 11.9 Å². The first-order valence-electron chi connectivity index (χ1n) is 13.8. The highest BCUT2D eigenvalue weighted by molar-refractivity contribution is 5.98. The predicted octanol–water partition coefficient (Wildman–Crippen LogP) is 5.78. The molecule has 1 amide bonds. The number of para-hydroxylation sites is 1. The highest BCUT2D eigenvalue weighted by atomic mass is 16.6. The molecule has 5 atom stereocenters. The number of carbonyl (C=O) groups is 3. The average molecular weight is 554 g/mol. The number of aliphatic carboxylic acids is 1. The molecular formula is C34H35NO6. The van der Waals surface area contributed by atoms with Gasteiger partial charge in [0.2, 0.25) is 5.91 Å². The molecule has 7 heteroatoms. The second kappa shape index (κ2) is 10.6. The van der Waals surface area contributed by atoms with Gasteiger partial charge >= 0.3 is 11.9 Å². The highest BCUT2D eigenvalue weighted by Crippen LogP contribution is 2.62. The number of carbonyl (C=O) groups excluding carboxylic acids is 2. The van der Waals surface area contributed by atoms with Crippen molar-refractivity contribution in [3.8, 4) is 0 Å². The Kier molecular flexibility index (Phi) is 7.34. The third kappa shape index (κ3) is 4.84. The maximum atomic E-state index is 14.1. The highest BCUT2D eigenvalue weighted by Gasteiger charge is 2.65. The summed E-state index contributed by atoms with van der Waals surface area (Å²) in [6, 6.07) is 22.7. The van der Waals surface area contributed by atoms with Gasteiger partial charge in [-0.2, -0.15) is 0 Å². The molecule has 0 saturated heterocycles. The zero-order valence-electron chi connectivity index (χ0n) is 23.7. The molecule has 3 aliphatic rings. The molecule has 5 unspecified atom stereocenters. The normalized spacial score (nSPS) is 23.1. The molecule has 3 aromatic rings. The molecule has 3 aromatic carbocycles. The van der Waals surface area contributed by atoms with E-state index in [2.05, 4.69) is 32.7 Å². The lowest BCUT2D eigenvalue weighted by Crippen LogP contribution is -2.59. The van der Waals surface area contributed by atoms with Crippen LogP contribution in [0.2, 0.25) is 0 Å². The number of amides is 1. The molecule has 2 N–H and O–H groups in total. The summed E-state index contributed by atoms with van der Waals surface area (Å²) in [5.74, 6) is -4.86. The van der Waals surface area contributed by atoms with E-state index in [-0.39, 0.29) is 12.0 Å². The van der Waals surface area contributed by atoms with E-state index >= 15 is 0 Å². The third-order valence-corrected chi connectivity index (χ3v) is 8.15. The van der Waals surface area contributed by atoms with Crippen molar-refractivity contribution in [1.82, 2.24) is 0 Å². The number of hydrogen-bond acceptors (Lipinski definition) is 5. The summed E-state index contributed by atoms with van der Waals surface area (Å²) in [5.41, 5.74) is 3.02. The SMILES string of the molecule is C=CC(=O)OC(C)COC12c3ccccc3C(c3ccc(C(C)(C)C)cc31)C(C(=O)Nc1ccccc1)C2C(=O)O. The summed E-state index contributed by atoms with van der Waals surface area (Å²) in [5, 5.41) is 13.8. The lowest BCUT2D eigenvalue weighted by molar-refractivity contribution is -0.175. The first kappa shape index (κ1) is 28.3. The predicted molar refractivity (Wildman–Crippen MR) is 156 cm³/mol. The van der Waals surface area contributed by atoms with Crippen molar-refractivity contribution in [2.24, 2.45) is 11.8 Å². The molecule has 0 spiro atoms. The molecule has 0 aliphatic heterocycles. The second-order valence-corrected chi connectivity index (χ2v) is 11.8. The van der Waals surface area contributed by atoms with Crippen LogP contribution in [0.4, 0.5) is 5.69 Å². The van der Waals surface area contributed by atoms with Crippen molar-refractivity contribution in [3.63, 3.8) is 0 Å². The summed E-state index contributed by atoms with van der Waals surface area (Å²) in [7, 11) is 0. The molecule has 0 heterocycles. The minimum atomic E-state index is -1.51. The summed E-state index contributed by atoms with van der Waals surface area (Å²) < 4.78 is 12.1. The Hall–Kier alpha value is -4.23. The molecule has 0 saturated carbocycles. The van der Waals surface area contributed by atoms with Crippen LogP contribution in [-0.2, 0) is 34.9 Å². The number of hydrogen-bond donors (Lipinski definition) is 2. The largest absolute Gasteiger partial charge is 0.481 e. The molecule has 0 fully saturated rings. The Morgan fingerprint density at radius 2 is 1.66 bits per heavy atom. The lowest BCUT2D eigenvalue weighted by atomic mass is 9.51.